The molecule has 0 aliphatic rings. The Labute approximate surface area is 122 Å². The number of carbonyl (C=O) groups excluding carboxylic acids is 1. The number of hydrogen-bond donors (Lipinski definition) is 2. The summed E-state index contributed by atoms with van der Waals surface area (Å²) in [5.74, 6) is -0.235. The van der Waals surface area contributed by atoms with E-state index >= 15 is 0 Å². The van der Waals surface area contributed by atoms with Crippen molar-refractivity contribution >= 4 is 17.2 Å². The third-order valence-corrected chi connectivity index (χ3v) is 3.60. The van der Waals surface area contributed by atoms with Gasteiger partial charge in [0.15, 0.2) is 0 Å². The zero-order valence-corrected chi connectivity index (χ0v) is 12.0. The van der Waals surface area contributed by atoms with Gasteiger partial charge in [-0.3, -0.25) is 4.79 Å². The highest BCUT2D eigenvalue weighted by Crippen LogP contribution is 2.23. The summed E-state index contributed by atoms with van der Waals surface area (Å²) in [5.41, 5.74) is 3.07. The number of methoxy groups -OCH3 is 1. The van der Waals surface area contributed by atoms with Gasteiger partial charge in [-0.05, 0) is 33.5 Å². The van der Waals surface area contributed by atoms with Crippen LogP contribution in [0.5, 0.6) is 0 Å². The molecule has 2 rings (SSSR count). The van der Waals surface area contributed by atoms with Crippen molar-refractivity contribution in [2.75, 3.05) is 20.3 Å². The van der Waals surface area contributed by atoms with Gasteiger partial charge in [0.1, 0.15) is 6.61 Å². The van der Waals surface area contributed by atoms with Gasteiger partial charge in [-0.15, -0.1) is 0 Å². The molecule has 0 bridgehead atoms. The van der Waals surface area contributed by atoms with Gasteiger partial charge in [-0.25, -0.2) is 0 Å². The first-order valence-electron chi connectivity index (χ1n) is 6.27. The third kappa shape index (κ3) is 3.90. The Bertz CT molecular complexity index is 537. The van der Waals surface area contributed by atoms with Gasteiger partial charge in [0.2, 0.25) is 5.91 Å². The number of nitrogens with one attached hydrogen (secondary N) is 1. The monoisotopic (exact) mass is 291 g/mol. The molecule has 0 aliphatic carbocycles. The quantitative estimate of drug-likeness (QED) is 0.858. The second-order valence-electron chi connectivity index (χ2n) is 4.39. The van der Waals surface area contributed by atoms with E-state index in [4.69, 9.17) is 4.74 Å². The first kappa shape index (κ1) is 14.7. The van der Waals surface area contributed by atoms with Crippen LogP contribution in [0.3, 0.4) is 0 Å². The van der Waals surface area contributed by atoms with Crippen LogP contribution in [0.1, 0.15) is 11.7 Å². The Hall–Kier alpha value is -1.69. The lowest BCUT2D eigenvalue weighted by atomic mass is 10.0. The van der Waals surface area contributed by atoms with Gasteiger partial charge >= 0.3 is 0 Å². The van der Waals surface area contributed by atoms with Crippen LogP contribution in [0.15, 0.2) is 41.1 Å². The van der Waals surface area contributed by atoms with E-state index in [0.717, 1.165) is 11.1 Å². The van der Waals surface area contributed by atoms with Gasteiger partial charge < -0.3 is 15.2 Å². The van der Waals surface area contributed by atoms with Crippen LogP contribution < -0.4 is 5.32 Å². The van der Waals surface area contributed by atoms with Crippen molar-refractivity contribution in [1.82, 2.24) is 5.32 Å². The first-order chi connectivity index (χ1) is 9.70. The molecule has 106 valence electrons. The molecule has 2 N–H and O–H groups in total. The Morgan fingerprint density at radius 3 is 2.65 bits per heavy atom. The van der Waals surface area contributed by atoms with Crippen molar-refractivity contribution in [2.24, 2.45) is 0 Å². The van der Waals surface area contributed by atoms with E-state index in [1.165, 1.54) is 12.7 Å². The zero-order valence-electron chi connectivity index (χ0n) is 11.2. The van der Waals surface area contributed by atoms with Gasteiger partial charge in [0.05, 0.1) is 6.10 Å². The van der Waals surface area contributed by atoms with E-state index in [0.29, 0.717) is 0 Å². The fourth-order valence-corrected chi connectivity index (χ4v) is 2.50. The second-order valence-corrected chi connectivity index (χ2v) is 5.17. The topological polar surface area (TPSA) is 58.6 Å². The van der Waals surface area contributed by atoms with E-state index < -0.39 is 6.10 Å². The lowest BCUT2D eigenvalue weighted by molar-refractivity contribution is -0.125. The number of rotatable bonds is 6. The standard InChI is InChI=1S/C15H17NO3S/c1-19-9-15(18)16-8-14(17)12-4-2-11(3-5-12)13-6-7-20-10-13/h2-7,10,14,17H,8-9H2,1H3,(H,16,18). The summed E-state index contributed by atoms with van der Waals surface area (Å²) >= 11 is 1.65. The normalized spacial score (nSPS) is 12.1. The van der Waals surface area contributed by atoms with Crippen molar-refractivity contribution in [2.45, 2.75) is 6.10 Å². The largest absolute Gasteiger partial charge is 0.387 e. The van der Waals surface area contributed by atoms with E-state index in [-0.39, 0.29) is 19.1 Å². The van der Waals surface area contributed by atoms with E-state index in [2.05, 4.69) is 16.8 Å². The summed E-state index contributed by atoms with van der Waals surface area (Å²) in [4.78, 5) is 11.2. The van der Waals surface area contributed by atoms with Gasteiger partial charge in [-0.2, -0.15) is 11.3 Å². The average molecular weight is 291 g/mol. The SMILES string of the molecule is COCC(=O)NCC(O)c1ccc(-c2ccsc2)cc1. The molecule has 20 heavy (non-hydrogen) atoms. The summed E-state index contributed by atoms with van der Waals surface area (Å²) in [6, 6.07) is 9.75. The minimum absolute atomic E-state index is 0.00378. The van der Waals surface area contributed by atoms with Crippen LogP contribution >= 0.6 is 11.3 Å². The Morgan fingerprint density at radius 1 is 1.30 bits per heavy atom. The zero-order chi connectivity index (χ0) is 14.4. The Kier molecular flexibility index (Phi) is 5.29. The summed E-state index contributed by atoms with van der Waals surface area (Å²) in [7, 11) is 1.46. The number of carbonyl (C=O) groups is 1. The first-order valence-corrected chi connectivity index (χ1v) is 7.21. The number of hydrogen-bond acceptors (Lipinski definition) is 4. The molecule has 0 spiro atoms. The van der Waals surface area contributed by atoms with E-state index in [1.54, 1.807) is 11.3 Å². The fourth-order valence-electron chi connectivity index (χ4n) is 1.84. The summed E-state index contributed by atoms with van der Waals surface area (Å²) in [5, 5.41) is 16.7. The molecule has 1 aromatic heterocycles. The average Bonchev–Trinajstić information content (AvgIpc) is 2.99. The molecule has 0 fully saturated rings. The summed E-state index contributed by atoms with van der Waals surface area (Å²) < 4.78 is 4.71. The van der Waals surface area contributed by atoms with Crippen LogP contribution in [0.2, 0.25) is 0 Å². The Morgan fingerprint density at radius 2 is 2.05 bits per heavy atom. The van der Waals surface area contributed by atoms with Crippen LogP contribution in [0, 0.1) is 0 Å². The van der Waals surface area contributed by atoms with Crippen LogP contribution in [0.25, 0.3) is 11.1 Å². The molecule has 1 aromatic carbocycles. The summed E-state index contributed by atoms with van der Waals surface area (Å²) in [6.07, 6.45) is -0.715. The minimum atomic E-state index is -0.715. The highest BCUT2D eigenvalue weighted by Gasteiger charge is 2.09. The molecule has 1 heterocycles. The molecular weight excluding hydrogens is 274 g/mol. The molecule has 1 amide bonds. The molecule has 2 aromatic rings. The van der Waals surface area contributed by atoms with E-state index in [9.17, 15) is 9.90 Å². The molecule has 0 saturated heterocycles. The third-order valence-electron chi connectivity index (χ3n) is 2.92. The maximum atomic E-state index is 11.2. The number of aliphatic hydroxyl groups is 1. The molecule has 4 nitrogen and oxygen atoms in total. The van der Waals surface area contributed by atoms with Crippen LogP contribution in [-0.4, -0.2) is 31.3 Å². The van der Waals surface area contributed by atoms with Crippen molar-refractivity contribution in [3.05, 3.63) is 46.7 Å². The molecule has 0 radical (unpaired) electrons. The number of benzene rings is 1. The Balaban J connectivity index is 1.94. The molecular formula is C15H17NO3S. The second kappa shape index (κ2) is 7.19. The van der Waals surface area contributed by atoms with Gasteiger partial charge in [-0.1, -0.05) is 24.3 Å². The van der Waals surface area contributed by atoms with Crippen molar-refractivity contribution in [3.8, 4) is 11.1 Å². The van der Waals surface area contributed by atoms with Gasteiger partial charge in [0, 0.05) is 13.7 Å². The van der Waals surface area contributed by atoms with Crippen LogP contribution in [0.4, 0.5) is 0 Å². The number of amides is 1. The predicted molar refractivity (Wildman–Crippen MR) is 79.6 cm³/mol. The maximum Gasteiger partial charge on any atom is 0.246 e. The smallest absolute Gasteiger partial charge is 0.246 e. The van der Waals surface area contributed by atoms with E-state index in [1.807, 2.05) is 29.6 Å². The highest BCUT2D eigenvalue weighted by molar-refractivity contribution is 7.08. The number of aliphatic hydroxyl groups excluding tert-OH is 1. The predicted octanol–water partition coefficient (Wildman–Crippen LogP) is 2.21. The lowest BCUT2D eigenvalue weighted by Gasteiger charge is -2.12. The molecule has 0 aliphatic heterocycles. The maximum absolute atomic E-state index is 11.2. The molecule has 5 heteroatoms. The molecule has 1 atom stereocenters. The number of thiophene rings is 1. The number of ether oxygens (including phenoxy) is 1. The molecule has 0 saturated carbocycles. The lowest BCUT2D eigenvalue weighted by Crippen LogP contribution is -2.31. The minimum Gasteiger partial charge on any atom is -0.387 e. The van der Waals surface area contributed by atoms with Crippen molar-refractivity contribution in [1.29, 1.82) is 0 Å². The molecule has 1 unspecified atom stereocenters. The summed E-state index contributed by atoms with van der Waals surface area (Å²) in [6.45, 7) is 0.184. The van der Waals surface area contributed by atoms with Crippen LogP contribution in [-0.2, 0) is 9.53 Å². The highest BCUT2D eigenvalue weighted by atomic mass is 32.1. The van der Waals surface area contributed by atoms with Gasteiger partial charge in [0.25, 0.3) is 0 Å². The van der Waals surface area contributed by atoms with Crippen molar-refractivity contribution in [3.63, 3.8) is 0 Å². The van der Waals surface area contributed by atoms with Crippen molar-refractivity contribution < 1.29 is 14.6 Å². The fraction of sp³-hybridized carbons (Fsp3) is 0.267.